The first-order valence-electron chi connectivity index (χ1n) is 13.8. The zero-order valence-electron chi connectivity index (χ0n) is 23.4. The second kappa shape index (κ2) is 10.2. The van der Waals surface area contributed by atoms with Crippen LogP contribution in [0.15, 0.2) is 23.3 Å². The zero-order valence-corrected chi connectivity index (χ0v) is 23.4. The molecule has 0 amide bonds. The molecule has 1 saturated carbocycles. The first-order chi connectivity index (χ1) is 16.0. The quantitative estimate of drug-likeness (QED) is 0.355. The van der Waals surface area contributed by atoms with Crippen LogP contribution in [-0.4, -0.2) is 56.0 Å². The van der Waals surface area contributed by atoms with Crippen LogP contribution >= 0.6 is 0 Å². The molecular formula is C30H52O5. The lowest BCUT2D eigenvalue weighted by Crippen LogP contribution is -2.56. The fourth-order valence-corrected chi connectivity index (χ4v) is 7.54. The summed E-state index contributed by atoms with van der Waals surface area (Å²) in [5.74, 6) is 0.0273. The number of fused-ring (bicyclic) bond motifs is 1. The van der Waals surface area contributed by atoms with E-state index in [4.69, 9.17) is 4.74 Å². The monoisotopic (exact) mass is 492 g/mol. The molecule has 5 nitrogen and oxygen atoms in total. The predicted octanol–water partition coefficient (Wildman–Crippen LogP) is 5.45. The molecule has 202 valence electrons. The van der Waals surface area contributed by atoms with E-state index in [2.05, 4.69) is 27.4 Å². The summed E-state index contributed by atoms with van der Waals surface area (Å²) in [5, 5.41) is 43.5. The lowest BCUT2D eigenvalue weighted by Gasteiger charge is -2.54. The van der Waals surface area contributed by atoms with Crippen molar-refractivity contribution in [3.05, 3.63) is 23.3 Å². The van der Waals surface area contributed by atoms with E-state index < -0.39 is 29.5 Å². The van der Waals surface area contributed by atoms with Crippen LogP contribution in [0.5, 0.6) is 0 Å². The summed E-state index contributed by atoms with van der Waals surface area (Å²) >= 11 is 0. The molecule has 35 heavy (non-hydrogen) atoms. The average molecular weight is 493 g/mol. The Hall–Kier alpha value is -0.720. The van der Waals surface area contributed by atoms with E-state index in [1.807, 2.05) is 27.7 Å². The molecule has 2 aliphatic carbocycles. The van der Waals surface area contributed by atoms with Gasteiger partial charge < -0.3 is 25.2 Å². The Kier molecular flexibility index (Phi) is 8.41. The summed E-state index contributed by atoms with van der Waals surface area (Å²) in [6, 6.07) is 0. The van der Waals surface area contributed by atoms with Crippen LogP contribution in [0.1, 0.15) is 113 Å². The fourth-order valence-electron chi connectivity index (χ4n) is 7.54. The third-order valence-electron chi connectivity index (χ3n) is 10.3. The Morgan fingerprint density at radius 3 is 2.34 bits per heavy atom. The smallest absolute Gasteiger partial charge is 0.0888 e. The molecule has 8 atom stereocenters. The Morgan fingerprint density at radius 2 is 1.71 bits per heavy atom. The normalized spacial score (nSPS) is 42.8. The number of hydrogen-bond donors (Lipinski definition) is 4. The fraction of sp³-hybridized carbons (Fsp3) is 0.867. The molecule has 0 spiro atoms. The summed E-state index contributed by atoms with van der Waals surface area (Å²) in [6.45, 7) is 18.3. The number of allylic oxidation sites excluding steroid dienone is 1. The third-order valence-corrected chi connectivity index (χ3v) is 10.3. The highest BCUT2D eigenvalue weighted by molar-refractivity contribution is 5.27. The third kappa shape index (κ3) is 5.75. The topological polar surface area (TPSA) is 90.2 Å². The molecule has 1 heterocycles. The number of ether oxygens (including phenoxy) is 1. The first-order valence-corrected chi connectivity index (χ1v) is 13.8. The van der Waals surface area contributed by atoms with E-state index in [1.54, 1.807) is 0 Å². The van der Waals surface area contributed by atoms with Crippen LogP contribution in [0.3, 0.4) is 0 Å². The van der Waals surface area contributed by atoms with Gasteiger partial charge in [0.2, 0.25) is 0 Å². The van der Waals surface area contributed by atoms with Crippen molar-refractivity contribution in [1.82, 2.24) is 0 Å². The minimum Gasteiger partial charge on any atom is -0.390 e. The Labute approximate surface area is 213 Å². The second-order valence-electron chi connectivity index (χ2n) is 13.4. The number of aliphatic hydroxyl groups is 4. The average Bonchev–Trinajstić information content (AvgIpc) is 2.85. The van der Waals surface area contributed by atoms with Gasteiger partial charge in [-0.3, -0.25) is 0 Å². The molecule has 0 aromatic carbocycles. The van der Waals surface area contributed by atoms with Crippen LogP contribution < -0.4 is 0 Å². The molecule has 3 aliphatic rings. The molecule has 0 unspecified atom stereocenters. The second-order valence-corrected chi connectivity index (χ2v) is 13.4. The Balaban J connectivity index is 1.87. The molecule has 0 radical (unpaired) electrons. The Morgan fingerprint density at radius 1 is 1.06 bits per heavy atom. The van der Waals surface area contributed by atoms with Crippen LogP contribution in [0, 0.1) is 16.7 Å². The summed E-state index contributed by atoms with van der Waals surface area (Å²) in [7, 11) is 0. The van der Waals surface area contributed by atoms with E-state index in [-0.39, 0.29) is 22.9 Å². The number of hydrogen-bond acceptors (Lipinski definition) is 5. The van der Waals surface area contributed by atoms with Gasteiger partial charge in [-0.25, -0.2) is 0 Å². The SMILES string of the molecule is C=C(C)[C@H](O)CC[C@]1(C)CC[C@@H](O)C(C)=C1CC[C@@H]1[C@@]2(C)CC[C@@H](O)C(C)(C)O[C@@H]2CC[C@]1(C)O. The van der Waals surface area contributed by atoms with E-state index in [0.717, 1.165) is 56.1 Å². The molecule has 2 fully saturated rings. The van der Waals surface area contributed by atoms with Gasteiger partial charge in [0, 0.05) is 0 Å². The summed E-state index contributed by atoms with van der Waals surface area (Å²) in [6.07, 6.45) is 6.34. The van der Waals surface area contributed by atoms with Crippen molar-refractivity contribution in [3.8, 4) is 0 Å². The molecule has 3 rings (SSSR count). The largest absolute Gasteiger partial charge is 0.390 e. The highest BCUT2D eigenvalue weighted by atomic mass is 16.5. The maximum atomic E-state index is 11.6. The van der Waals surface area contributed by atoms with Crippen molar-refractivity contribution in [1.29, 1.82) is 0 Å². The van der Waals surface area contributed by atoms with Crippen molar-refractivity contribution in [2.24, 2.45) is 16.7 Å². The first kappa shape index (κ1) is 28.8. The molecule has 1 saturated heterocycles. The lowest BCUT2D eigenvalue weighted by molar-refractivity contribution is -0.205. The Bertz CT molecular complexity index is 814. The van der Waals surface area contributed by atoms with Crippen LogP contribution in [0.4, 0.5) is 0 Å². The summed E-state index contributed by atoms with van der Waals surface area (Å²) in [5.41, 5.74) is 1.44. The van der Waals surface area contributed by atoms with Gasteiger partial charge in [-0.2, -0.15) is 0 Å². The van der Waals surface area contributed by atoms with Crippen LogP contribution in [0.25, 0.3) is 0 Å². The maximum absolute atomic E-state index is 11.6. The summed E-state index contributed by atoms with van der Waals surface area (Å²) < 4.78 is 6.55. The molecule has 0 aromatic rings. The highest BCUT2D eigenvalue weighted by Crippen LogP contribution is 2.56. The highest BCUT2D eigenvalue weighted by Gasteiger charge is 2.56. The molecule has 4 N–H and O–H groups in total. The van der Waals surface area contributed by atoms with Gasteiger partial charge in [-0.05, 0) is 121 Å². The molecule has 0 aromatic heterocycles. The van der Waals surface area contributed by atoms with Crippen molar-refractivity contribution in [3.63, 3.8) is 0 Å². The van der Waals surface area contributed by atoms with Gasteiger partial charge in [-0.1, -0.05) is 31.6 Å². The van der Waals surface area contributed by atoms with Gasteiger partial charge in [0.05, 0.1) is 35.6 Å². The maximum Gasteiger partial charge on any atom is 0.0888 e. The zero-order chi connectivity index (χ0) is 26.4. The van der Waals surface area contributed by atoms with Gasteiger partial charge in [0.15, 0.2) is 0 Å². The van der Waals surface area contributed by atoms with Crippen molar-refractivity contribution in [2.75, 3.05) is 0 Å². The van der Waals surface area contributed by atoms with Crippen molar-refractivity contribution < 1.29 is 25.2 Å². The van der Waals surface area contributed by atoms with Crippen molar-refractivity contribution >= 4 is 0 Å². The molecule has 1 aliphatic heterocycles. The van der Waals surface area contributed by atoms with Gasteiger partial charge in [0.1, 0.15) is 0 Å². The lowest BCUT2D eigenvalue weighted by atomic mass is 9.55. The van der Waals surface area contributed by atoms with E-state index in [1.165, 1.54) is 5.57 Å². The van der Waals surface area contributed by atoms with Crippen LogP contribution in [-0.2, 0) is 4.74 Å². The van der Waals surface area contributed by atoms with Crippen molar-refractivity contribution in [2.45, 2.75) is 148 Å². The summed E-state index contributed by atoms with van der Waals surface area (Å²) in [4.78, 5) is 0. The molecular weight excluding hydrogens is 440 g/mol. The minimum atomic E-state index is -0.803. The number of aliphatic hydroxyl groups excluding tert-OH is 3. The molecule has 0 bridgehead atoms. The van der Waals surface area contributed by atoms with E-state index >= 15 is 0 Å². The predicted molar refractivity (Wildman–Crippen MR) is 141 cm³/mol. The van der Waals surface area contributed by atoms with Gasteiger partial charge >= 0.3 is 0 Å². The van der Waals surface area contributed by atoms with E-state index in [9.17, 15) is 20.4 Å². The molecule has 5 heteroatoms. The standard InChI is InChI=1S/C30H52O5/c1-19(2)22(31)11-15-28(6)16-12-23(32)20(3)21(28)9-10-24-29(7)17-13-25(33)27(4,5)35-26(29)14-18-30(24,8)34/h22-26,31-34H,1,9-18H2,2-8H3/t22-,23-,24-,25-,26-,28-,29-,30+/m1/s1. The number of rotatable bonds is 7. The minimum absolute atomic E-state index is 0.00370. The van der Waals surface area contributed by atoms with Crippen LogP contribution in [0.2, 0.25) is 0 Å². The van der Waals surface area contributed by atoms with E-state index in [0.29, 0.717) is 19.3 Å². The van der Waals surface area contributed by atoms with Gasteiger partial charge in [0.25, 0.3) is 0 Å². The van der Waals surface area contributed by atoms with Gasteiger partial charge in [-0.15, -0.1) is 0 Å².